The summed E-state index contributed by atoms with van der Waals surface area (Å²) in [6.45, 7) is 2.13. The summed E-state index contributed by atoms with van der Waals surface area (Å²) in [7, 11) is -1.98. The van der Waals surface area contributed by atoms with Crippen molar-refractivity contribution in [2.24, 2.45) is 7.05 Å². The zero-order valence-corrected chi connectivity index (χ0v) is 17.5. The lowest BCUT2D eigenvalue weighted by Crippen LogP contribution is -2.49. The maximum atomic E-state index is 12.9. The number of hydrogen-bond donors (Lipinski definition) is 1. The Morgan fingerprint density at radius 2 is 2.17 bits per heavy atom. The zero-order chi connectivity index (χ0) is 20.6. The van der Waals surface area contributed by atoms with Crippen molar-refractivity contribution >= 4 is 33.3 Å². The molecule has 0 aromatic carbocycles. The monoisotopic (exact) mass is 436 g/mol. The third kappa shape index (κ3) is 3.82. The molecule has 4 rings (SSSR count). The summed E-state index contributed by atoms with van der Waals surface area (Å²) in [5.74, 6) is -0.267. The van der Waals surface area contributed by atoms with Crippen LogP contribution in [0.3, 0.4) is 0 Å². The highest BCUT2D eigenvalue weighted by molar-refractivity contribution is 7.91. The lowest BCUT2D eigenvalue weighted by Gasteiger charge is -2.32. The standard InChI is InChI=1S/C17H20N6O4S2/c1-11-10-13(22(2)21-11)16-19-20-17(27-16)18-15(24)12-6-3-4-8-23(12)29(25,26)14-7-5-9-28-14/h5,7,9-10,12H,3-4,6,8H2,1-2H3,(H,18,20,24)/t12-/m0/s1. The molecule has 29 heavy (non-hydrogen) atoms. The normalized spacial score (nSPS) is 18.1. The molecular weight excluding hydrogens is 416 g/mol. The first-order valence-corrected chi connectivity index (χ1v) is 11.4. The van der Waals surface area contributed by atoms with Crippen LogP contribution in [0.25, 0.3) is 11.6 Å². The van der Waals surface area contributed by atoms with Gasteiger partial charge in [-0.1, -0.05) is 17.6 Å². The number of thiophene rings is 1. The molecule has 0 saturated carbocycles. The number of amides is 1. The first kappa shape index (κ1) is 19.7. The molecule has 154 valence electrons. The van der Waals surface area contributed by atoms with Crippen molar-refractivity contribution in [2.75, 3.05) is 11.9 Å². The average molecular weight is 437 g/mol. The topological polar surface area (TPSA) is 123 Å². The summed E-state index contributed by atoms with van der Waals surface area (Å²) in [6.07, 6.45) is 1.90. The van der Waals surface area contributed by atoms with Crippen LogP contribution >= 0.6 is 11.3 Å². The Bertz CT molecular complexity index is 1120. The van der Waals surface area contributed by atoms with Crippen LogP contribution in [0.1, 0.15) is 25.0 Å². The molecule has 1 aliphatic rings. The van der Waals surface area contributed by atoms with E-state index >= 15 is 0 Å². The third-order valence-electron chi connectivity index (χ3n) is 4.69. The highest BCUT2D eigenvalue weighted by Crippen LogP contribution is 2.29. The van der Waals surface area contributed by atoms with E-state index in [2.05, 4.69) is 20.6 Å². The number of carbonyl (C=O) groups excluding carboxylic acids is 1. The van der Waals surface area contributed by atoms with E-state index in [-0.39, 0.29) is 16.1 Å². The highest BCUT2D eigenvalue weighted by Gasteiger charge is 2.38. The van der Waals surface area contributed by atoms with Crippen molar-refractivity contribution < 1.29 is 17.6 Å². The van der Waals surface area contributed by atoms with Crippen molar-refractivity contribution in [1.29, 1.82) is 0 Å². The molecule has 0 spiro atoms. The molecule has 3 aromatic rings. The maximum absolute atomic E-state index is 12.9. The minimum Gasteiger partial charge on any atom is -0.401 e. The van der Waals surface area contributed by atoms with E-state index in [1.807, 2.05) is 6.92 Å². The van der Waals surface area contributed by atoms with E-state index in [9.17, 15) is 13.2 Å². The van der Waals surface area contributed by atoms with Crippen LogP contribution in [0.15, 0.2) is 32.2 Å². The van der Waals surface area contributed by atoms with Gasteiger partial charge in [0.1, 0.15) is 15.9 Å². The van der Waals surface area contributed by atoms with Gasteiger partial charge in [0.2, 0.25) is 5.91 Å². The number of nitrogens with zero attached hydrogens (tertiary/aromatic N) is 5. The number of nitrogens with one attached hydrogen (secondary N) is 1. The van der Waals surface area contributed by atoms with Gasteiger partial charge in [0.05, 0.1) is 5.69 Å². The van der Waals surface area contributed by atoms with E-state index < -0.39 is 22.0 Å². The molecule has 3 aromatic heterocycles. The Labute approximate surface area is 171 Å². The van der Waals surface area contributed by atoms with Crippen LogP contribution in [0, 0.1) is 6.92 Å². The predicted molar refractivity (Wildman–Crippen MR) is 106 cm³/mol. The Morgan fingerprint density at radius 1 is 1.34 bits per heavy atom. The quantitative estimate of drug-likeness (QED) is 0.649. The number of aromatic nitrogens is 4. The minimum absolute atomic E-state index is 0.0806. The number of aryl methyl sites for hydroxylation is 2. The molecule has 0 unspecified atom stereocenters. The maximum Gasteiger partial charge on any atom is 0.322 e. The fourth-order valence-electron chi connectivity index (χ4n) is 3.36. The van der Waals surface area contributed by atoms with Gasteiger partial charge < -0.3 is 4.42 Å². The lowest BCUT2D eigenvalue weighted by molar-refractivity contribution is -0.120. The number of carbonyl (C=O) groups is 1. The molecule has 0 aliphatic carbocycles. The van der Waals surface area contributed by atoms with Crippen LogP contribution in [-0.4, -0.2) is 51.2 Å². The van der Waals surface area contributed by atoms with Crippen LogP contribution < -0.4 is 5.32 Å². The van der Waals surface area contributed by atoms with Crippen molar-refractivity contribution in [1.82, 2.24) is 24.3 Å². The summed E-state index contributed by atoms with van der Waals surface area (Å²) < 4.78 is 34.5. The largest absolute Gasteiger partial charge is 0.401 e. The molecule has 12 heteroatoms. The van der Waals surface area contributed by atoms with Gasteiger partial charge in [-0.15, -0.1) is 16.4 Å². The van der Waals surface area contributed by atoms with Gasteiger partial charge in [-0.05, 0) is 37.3 Å². The molecule has 0 radical (unpaired) electrons. The number of rotatable bonds is 5. The fourth-order valence-corrected chi connectivity index (χ4v) is 6.13. The highest BCUT2D eigenvalue weighted by atomic mass is 32.2. The number of hydrogen-bond acceptors (Lipinski definition) is 8. The Morgan fingerprint density at radius 3 is 2.86 bits per heavy atom. The van der Waals surface area contributed by atoms with Crippen molar-refractivity contribution in [3.63, 3.8) is 0 Å². The molecule has 1 amide bonds. The third-order valence-corrected chi connectivity index (χ3v) is 7.97. The molecule has 4 heterocycles. The summed E-state index contributed by atoms with van der Waals surface area (Å²) in [4.78, 5) is 12.9. The zero-order valence-electron chi connectivity index (χ0n) is 15.9. The van der Waals surface area contributed by atoms with Crippen molar-refractivity contribution in [3.05, 3.63) is 29.3 Å². The smallest absolute Gasteiger partial charge is 0.322 e. The van der Waals surface area contributed by atoms with Gasteiger partial charge in [0.25, 0.3) is 15.9 Å². The Kier molecular flexibility index (Phi) is 5.23. The van der Waals surface area contributed by atoms with Crippen LogP contribution in [0.2, 0.25) is 0 Å². The predicted octanol–water partition coefficient (Wildman–Crippen LogP) is 2.02. The molecule has 1 saturated heterocycles. The van der Waals surface area contributed by atoms with Crippen LogP contribution in [0.4, 0.5) is 6.01 Å². The fraction of sp³-hybridized carbons (Fsp3) is 0.412. The molecule has 10 nitrogen and oxygen atoms in total. The summed E-state index contributed by atoms with van der Waals surface area (Å²) in [5.41, 5.74) is 1.41. The second-order valence-electron chi connectivity index (χ2n) is 6.76. The molecule has 0 bridgehead atoms. The first-order valence-electron chi connectivity index (χ1n) is 9.07. The van der Waals surface area contributed by atoms with Crippen molar-refractivity contribution in [2.45, 2.75) is 36.4 Å². The number of sulfonamides is 1. The average Bonchev–Trinajstić information content (AvgIpc) is 3.43. The second-order valence-corrected chi connectivity index (χ2v) is 9.82. The van der Waals surface area contributed by atoms with Gasteiger partial charge in [-0.2, -0.15) is 9.40 Å². The minimum atomic E-state index is -3.73. The van der Waals surface area contributed by atoms with E-state index in [0.29, 0.717) is 25.1 Å². The first-order chi connectivity index (χ1) is 13.9. The Balaban J connectivity index is 1.53. The summed E-state index contributed by atoms with van der Waals surface area (Å²) in [5, 5.41) is 16.3. The van der Waals surface area contributed by atoms with Crippen molar-refractivity contribution in [3.8, 4) is 11.6 Å². The van der Waals surface area contributed by atoms with Crippen LogP contribution in [0.5, 0.6) is 0 Å². The van der Waals surface area contributed by atoms with E-state index in [0.717, 1.165) is 23.5 Å². The van der Waals surface area contributed by atoms with Crippen LogP contribution in [-0.2, 0) is 21.9 Å². The number of piperidine rings is 1. The summed E-state index contributed by atoms with van der Waals surface area (Å²) >= 11 is 1.14. The summed E-state index contributed by atoms with van der Waals surface area (Å²) in [6, 6.07) is 4.10. The molecule has 1 fully saturated rings. The number of anilines is 1. The van der Waals surface area contributed by atoms with E-state index in [1.54, 1.807) is 35.3 Å². The van der Waals surface area contributed by atoms with E-state index in [4.69, 9.17) is 4.42 Å². The van der Waals surface area contributed by atoms with Gasteiger partial charge in [0.15, 0.2) is 0 Å². The SMILES string of the molecule is Cc1cc(-c2nnc(NC(=O)[C@@H]3CCCCN3S(=O)(=O)c3cccs3)o2)n(C)n1. The second kappa shape index (κ2) is 7.69. The Hall–Kier alpha value is -2.57. The van der Waals surface area contributed by atoms with Gasteiger partial charge >= 0.3 is 6.01 Å². The van der Waals surface area contributed by atoms with Gasteiger partial charge in [0, 0.05) is 13.6 Å². The molecular formula is C17H20N6O4S2. The van der Waals surface area contributed by atoms with Gasteiger partial charge in [-0.25, -0.2) is 8.42 Å². The van der Waals surface area contributed by atoms with Gasteiger partial charge in [-0.3, -0.25) is 14.8 Å². The molecule has 1 atom stereocenters. The molecule has 1 aliphatic heterocycles. The lowest BCUT2D eigenvalue weighted by atomic mass is 10.0. The molecule has 1 N–H and O–H groups in total. The van der Waals surface area contributed by atoms with E-state index in [1.165, 1.54) is 4.31 Å².